The number of piperazine rings is 1. The van der Waals surface area contributed by atoms with Gasteiger partial charge in [0.05, 0.1) is 11.2 Å². The second kappa shape index (κ2) is 6.67. The monoisotopic (exact) mass is 324 g/mol. The van der Waals surface area contributed by atoms with E-state index < -0.39 is 0 Å². The van der Waals surface area contributed by atoms with Gasteiger partial charge in [0.2, 0.25) is 0 Å². The third-order valence-corrected chi connectivity index (χ3v) is 5.20. The lowest BCUT2D eigenvalue weighted by molar-refractivity contribution is 0.190. The SMILES string of the molecule is O=C(NC1CCCC1)N1CCN(c2cccc3cccnc23)CC1. The highest BCUT2D eigenvalue weighted by atomic mass is 16.2. The smallest absolute Gasteiger partial charge is 0.317 e. The van der Waals surface area contributed by atoms with Crippen molar-refractivity contribution < 1.29 is 4.79 Å². The number of amides is 2. The summed E-state index contributed by atoms with van der Waals surface area (Å²) in [6, 6.07) is 10.9. The molecule has 1 N–H and O–H groups in total. The Labute approximate surface area is 142 Å². The maximum atomic E-state index is 12.4. The molecule has 2 fully saturated rings. The summed E-state index contributed by atoms with van der Waals surface area (Å²) in [6.45, 7) is 3.24. The lowest BCUT2D eigenvalue weighted by Crippen LogP contribution is -2.53. The first-order chi connectivity index (χ1) is 11.8. The molecule has 1 aliphatic carbocycles. The minimum Gasteiger partial charge on any atom is -0.366 e. The van der Waals surface area contributed by atoms with Crippen LogP contribution in [0, 0.1) is 0 Å². The van der Waals surface area contributed by atoms with Crippen molar-refractivity contribution in [1.82, 2.24) is 15.2 Å². The molecule has 1 saturated carbocycles. The average Bonchev–Trinajstić information content (AvgIpc) is 3.14. The molecule has 5 heteroatoms. The van der Waals surface area contributed by atoms with Crippen molar-refractivity contribution in [2.75, 3.05) is 31.1 Å². The van der Waals surface area contributed by atoms with Gasteiger partial charge in [-0.1, -0.05) is 31.0 Å². The minimum absolute atomic E-state index is 0.109. The van der Waals surface area contributed by atoms with E-state index in [-0.39, 0.29) is 6.03 Å². The van der Waals surface area contributed by atoms with Crippen molar-refractivity contribution in [3.05, 3.63) is 36.5 Å². The molecule has 2 heterocycles. The molecule has 2 amide bonds. The number of urea groups is 1. The van der Waals surface area contributed by atoms with E-state index >= 15 is 0 Å². The molecule has 1 aromatic heterocycles. The number of carbonyl (C=O) groups is 1. The van der Waals surface area contributed by atoms with E-state index in [1.807, 2.05) is 17.2 Å². The predicted molar refractivity (Wildman–Crippen MR) is 96.3 cm³/mol. The second-order valence-corrected chi connectivity index (χ2v) is 6.76. The number of carbonyl (C=O) groups excluding carboxylic acids is 1. The fourth-order valence-corrected chi connectivity index (χ4v) is 3.83. The third-order valence-electron chi connectivity index (χ3n) is 5.20. The van der Waals surface area contributed by atoms with E-state index in [0.717, 1.165) is 49.9 Å². The molecule has 126 valence electrons. The first-order valence-electron chi connectivity index (χ1n) is 8.95. The van der Waals surface area contributed by atoms with Crippen LogP contribution in [0.5, 0.6) is 0 Å². The quantitative estimate of drug-likeness (QED) is 0.924. The summed E-state index contributed by atoms with van der Waals surface area (Å²) < 4.78 is 0. The number of aromatic nitrogens is 1. The number of benzene rings is 1. The lowest BCUT2D eigenvalue weighted by Gasteiger charge is -2.36. The fraction of sp³-hybridized carbons (Fsp3) is 0.474. The average molecular weight is 324 g/mol. The Morgan fingerprint density at radius 2 is 1.79 bits per heavy atom. The summed E-state index contributed by atoms with van der Waals surface area (Å²) in [5.74, 6) is 0. The van der Waals surface area contributed by atoms with Crippen molar-refractivity contribution in [1.29, 1.82) is 0 Å². The van der Waals surface area contributed by atoms with Crippen LogP contribution in [-0.4, -0.2) is 48.1 Å². The molecule has 1 aromatic carbocycles. The molecule has 4 rings (SSSR count). The maximum absolute atomic E-state index is 12.4. The molecule has 2 aromatic rings. The van der Waals surface area contributed by atoms with E-state index in [2.05, 4.69) is 39.5 Å². The first kappa shape index (κ1) is 15.2. The van der Waals surface area contributed by atoms with Crippen LogP contribution in [0.25, 0.3) is 10.9 Å². The highest BCUT2D eigenvalue weighted by molar-refractivity contribution is 5.90. The van der Waals surface area contributed by atoms with Gasteiger partial charge in [-0.2, -0.15) is 0 Å². The molecule has 24 heavy (non-hydrogen) atoms. The van der Waals surface area contributed by atoms with Gasteiger partial charge < -0.3 is 15.1 Å². The Bertz CT molecular complexity index is 713. The molecule has 0 bridgehead atoms. The number of hydrogen-bond donors (Lipinski definition) is 1. The summed E-state index contributed by atoms with van der Waals surface area (Å²) in [7, 11) is 0. The van der Waals surface area contributed by atoms with Gasteiger partial charge in [-0.3, -0.25) is 4.98 Å². The molecule has 1 saturated heterocycles. The normalized spacial score (nSPS) is 19.0. The highest BCUT2D eigenvalue weighted by Crippen LogP contribution is 2.25. The zero-order valence-corrected chi connectivity index (χ0v) is 13.9. The Hall–Kier alpha value is -2.30. The Balaban J connectivity index is 1.41. The number of rotatable bonds is 2. The summed E-state index contributed by atoms with van der Waals surface area (Å²) in [5.41, 5.74) is 2.22. The zero-order valence-electron chi connectivity index (χ0n) is 13.9. The van der Waals surface area contributed by atoms with E-state index in [0.29, 0.717) is 6.04 Å². The Kier molecular flexibility index (Phi) is 4.24. The van der Waals surface area contributed by atoms with Crippen LogP contribution >= 0.6 is 0 Å². The maximum Gasteiger partial charge on any atom is 0.317 e. The largest absolute Gasteiger partial charge is 0.366 e. The number of nitrogens with one attached hydrogen (secondary N) is 1. The topological polar surface area (TPSA) is 48.5 Å². The van der Waals surface area contributed by atoms with Gasteiger partial charge in [-0.25, -0.2) is 4.79 Å². The molecule has 1 aliphatic heterocycles. The minimum atomic E-state index is 0.109. The van der Waals surface area contributed by atoms with Crippen LogP contribution in [0.3, 0.4) is 0 Å². The molecular formula is C19H24N4O. The molecule has 0 unspecified atom stereocenters. The fourth-order valence-electron chi connectivity index (χ4n) is 3.83. The van der Waals surface area contributed by atoms with Crippen molar-refractivity contribution in [2.24, 2.45) is 0 Å². The van der Waals surface area contributed by atoms with Crippen LogP contribution in [0.15, 0.2) is 36.5 Å². The molecule has 0 spiro atoms. The molecule has 5 nitrogen and oxygen atoms in total. The van der Waals surface area contributed by atoms with E-state index in [4.69, 9.17) is 0 Å². The number of pyridine rings is 1. The summed E-state index contributed by atoms with van der Waals surface area (Å²) in [6.07, 6.45) is 6.59. The zero-order chi connectivity index (χ0) is 16.4. The first-order valence-corrected chi connectivity index (χ1v) is 8.95. The number of anilines is 1. The number of para-hydroxylation sites is 1. The van der Waals surface area contributed by atoms with Crippen LogP contribution in [0.2, 0.25) is 0 Å². The van der Waals surface area contributed by atoms with Gasteiger partial charge in [-0.05, 0) is 25.0 Å². The van der Waals surface area contributed by atoms with Gasteiger partial charge in [0.1, 0.15) is 0 Å². The molecule has 2 aliphatic rings. The highest BCUT2D eigenvalue weighted by Gasteiger charge is 2.25. The van der Waals surface area contributed by atoms with Crippen molar-refractivity contribution >= 4 is 22.6 Å². The van der Waals surface area contributed by atoms with Crippen LogP contribution < -0.4 is 10.2 Å². The van der Waals surface area contributed by atoms with Crippen LogP contribution in [-0.2, 0) is 0 Å². The van der Waals surface area contributed by atoms with Crippen LogP contribution in [0.1, 0.15) is 25.7 Å². The predicted octanol–water partition coefficient (Wildman–Crippen LogP) is 3.01. The third kappa shape index (κ3) is 3.03. The van der Waals surface area contributed by atoms with Crippen molar-refractivity contribution in [2.45, 2.75) is 31.7 Å². The summed E-state index contributed by atoms with van der Waals surface area (Å²) in [4.78, 5) is 21.2. The number of nitrogens with zero attached hydrogens (tertiary/aromatic N) is 3. The van der Waals surface area contributed by atoms with Gasteiger partial charge in [-0.15, -0.1) is 0 Å². The Morgan fingerprint density at radius 1 is 1.04 bits per heavy atom. The van der Waals surface area contributed by atoms with Crippen LogP contribution in [0.4, 0.5) is 10.5 Å². The van der Waals surface area contributed by atoms with E-state index in [1.165, 1.54) is 18.5 Å². The lowest BCUT2D eigenvalue weighted by atomic mass is 10.1. The van der Waals surface area contributed by atoms with E-state index in [9.17, 15) is 4.79 Å². The van der Waals surface area contributed by atoms with Crippen molar-refractivity contribution in [3.63, 3.8) is 0 Å². The Morgan fingerprint density at radius 3 is 2.58 bits per heavy atom. The summed E-state index contributed by atoms with van der Waals surface area (Å²) >= 11 is 0. The molecular weight excluding hydrogens is 300 g/mol. The molecule has 0 radical (unpaired) electrons. The van der Waals surface area contributed by atoms with Gasteiger partial charge in [0, 0.05) is 43.8 Å². The van der Waals surface area contributed by atoms with Gasteiger partial charge >= 0.3 is 6.03 Å². The van der Waals surface area contributed by atoms with Crippen molar-refractivity contribution in [3.8, 4) is 0 Å². The standard InChI is InChI=1S/C19H24N4O/c24-19(21-16-7-1-2-8-16)23-13-11-22(12-14-23)17-9-3-5-15-6-4-10-20-18(15)17/h3-6,9-10,16H,1-2,7-8,11-14H2,(H,21,24). The summed E-state index contributed by atoms with van der Waals surface area (Å²) in [5, 5.41) is 4.35. The number of fused-ring (bicyclic) bond motifs is 1. The number of hydrogen-bond acceptors (Lipinski definition) is 3. The van der Waals surface area contributed by atoms with Gasteiger partial charge in [0.15, 0.2) is 0 Å². The van der Waals surface area contributed by atoms with Gasteiger partial charge in [0.25, 0.3) is 0 Å². The molecule has 0 atom stereocenters. The van der Waals surface area contributed by atoms with E-state index in [1.54, 1.807) is 0 Å². The second-order valence-electron chi connectivity index (χ2n) is 6.76.